The summed E-state index contributed by atoms with van der Waals surface area (Å²) in [6.45, 7) is 0.704. The van der Waals surface area contributed by atoms with Crippen LogP contribution in [0.5, 0.6) is 0 Å². The Morgan fingerprint density at radius 3 is 2.39 bits per heavy atom. The van der Waals surface area contributed by atoms with E-state index in [-0.39, 0.29) is 22.2 Å². The molecule has 5 nitrogen and oxygen atoms in total. The number of hydrogen-bond donors (Lipinski definition) is 1. The number of alkyl halides is 1. The number of nitrogens with one attached hydrogen (secondary N) is 1. The molecule has 0 spiro atoms. The van der Waals surface area contributed by atoms with Crippen LogP contribution in [0.1, 0.15) is 44.9 Å². The number of halogens is 1. The number of likely N-dealkylation sites (N-methyl/N-ethyl adjacent to an activating group) is 1. The first kappa shape index (κ1) is 17.7. The van der Waals surface area contributed by atoms with Gasteiger partial charge in [0, 0.05) is 30.9 Å². The first-order chi connectivity index (χ1) is 10.6. The molecule has 0 radical (unpaired) electrons. The van der Waals surface area contributed by atoms with Crippen LogP contribution in [0.4, 0.5) is 0 Å². The molecule has 0 saturated heterocycles. The van der Waals surface area contributed by atoms with Crippen molar-refractivity contribution in [2.24, 2.45) is 17.3 Å². The molecule has 0 heterocycles. The number of nitrogens with zero attached hydrogens (tertiary/aromatic N) is 1. The molecule has 4 saturated carbocycles. The van der Waals surface area contributed by atoms with E-state index in [4.69, 9.17) is 0 Å². The highest BCUT2D eigenvalue weighted by Gasteiger charge is 2.57. The van der Waals surface area contributed by atoms with Crippen molar-refractivity contribution in [2.45, 2.75) is 49.3 Å². The lowest BCUT2D eigenvalue weighted by Crippen LogP contribution is -2.54. The molecule has 2 atom stereocenters. The van der Waals surface area contributed by atoms with Crippen molar-refractivity contribution in [3.8, 4) is 0 Å². The van der Waals surface area contributed by atoms with E-state index in [2.05, 4.69) is 20.7 Å². The summed E-state index contributed by atoms with van der Waals surface area (Å²) in [6.07, 6.45) is 9.14. The largest absolute Gasteiger partial charge is 0.344 e. The second kappa shape index (κ2) is 5.99. The average Bonchev–Trinajstić information content (AvgIpc) is 2.33. The molecule has 0 aromatic carbocycles. The lowest BCUT2D eigenvalue weighted by molar-refractivity contribution is -0.137. The highest BCUT2D eigenvalue weighted by Crippen LogP contribution is 2.65. The molecule has 7 heteroatoms. The van der Waals surface area contributed by atoms with Crippen LogP contribution < -0.4 is 4.72 Å². The van der Waals surface area contributed by atoms with Crippen LogP contribution in [0.25, 0.3) is 0 Å². The summed E-state index contributed by atoms with van der Waals surface area (Å²) in [5.41, 5.74) is 0.170. The van der Waals surface area contributed by atoms with Crippen LogP contribution in [0.15, 0.2) is 0 Å². The van der Waals surface area contributed by atoms with Crippen LogP contribution in [-0.2, 0) is 14.8 Å². The predicted molar refractivity (Wildman–Crippen MR) is 93.9 cm³/mol. The highest BCUT2D eigenvalue weighted by atomic mass is 79.9. The number of amides is 1. The lowest BCUT2D eigenvalue weighted by Gasteiger charge is -2.60. The zero-order chi connectivity index (χ0) is 16.9. The van der Waals surface area contributed by atoms with Crippen molar-refractivity contribution in [2.75, 3.05) is 26.4 Å². The first-order valence-electron chi connectivity index (χ1n) is 8.46. The molecule has 4 aliphatic carbocycles. The molecule has 0 aromatic rings. The van der Waals surface area contributed by atoms with Crippen LogP contribution in [0, 0.1) is 17.3 Å². The maximum Gasteiger partial charge on any atom is 0.222 e. The second-order valence-corrected chi connectivity index (χ2v) is 11.8. The van der Waals surface area contributed by atoms with E-state index in [0.29, 0.717) is 13.0 Å². The van der Waals surface area contributed by atoms with E-state index in [1.807, 2.05) is 0 Å². The monoisotopic (exact) mass is 406 g/mol. The van der Waals surface area contributed by atoms with Crippen molar-refractivity contribution in [3.63, 3.8) is 0 Å². The van der Waals surface area contributed by atoms with E-state index in [0.717, 1.165) is 24.5 Å². The molecule has 1 amide bonds. The minimum atomic E-state index is -3.19. The third-order valence-corrected chi connectivity index (χ3v) is 7.53. The Bertz CT molecular complexity index is 578. The van der Waals surface area contributed by atoms with Crippen molar-refractivity contribution in [1.29, 1.82) is 0 Å². The number of sulfonamides is 1. The van der Waals surface area contributed by atoms with Gasteiger partial charge in [-0.15, -0.1) is 0 Å². The van der Waals surface area contributed by atoms with Gasteiger partial charge in [0.15, 0.2) is 0 Å². The summed E-state index contributed by atoms with van der Waals surface area (Å²) in [5.74, 6) is 1.71. The Kier molecular flexibility index (Phi) is 4.60. The Balaban J connectivity index is 1.57. The standard InChI is InChI=1S/C16H27BrN2O3S/c1-19(4-3-18-23(2,21)22)14(20)10-15-6-12-5-13(7-15)9-16(17,8-12)11-15/h12-13,18H,3-11H2,1-2H3. The van der Waals surface area contributed by atoms with E-state index in [9.17, 15) is 13.2 Å². The van der Waals surface area contributed by atoms with Gasteiger partial charge in [-0.2, -0.15) is 0 Å². The van der Waals surface area contributed by atoms with E-state index >= 15 is 0 Å². The smallest absolute Gasteiger partial charge is 0.222 e. The molecule has 0 aliphatic heterocycles. The zero-order valence-corrected chi connectivity index (χ0v) is 16.4. The number of rotatable bonds is 6. The third kappa shape index (κ3) is 4.10. The predicted octanol–water partition coefficient (Wildman–Crippen LogP) is 2.12. The van der Waals surface area contributed by atoms with Crippen LogP contribution in [0.2, 0.25) is 0 Å². The Labute approximate surface area is 147 Å². The molecule has 4 aliphatic rings. The topological polar surface area (TPSA) is 66.5 Å². The lowest BCUT2D eigenvalue weighted by atomic mass is 9.48. The zero-order valence-electron chi connectivity index (χ0n) is 14.0. The fourth-order valence-electron chi connectivity index (χ4n) is 5.52. The van der Waals surface area contributed by atoms with Crippen molar-refractivity contribution < 1.29 is 13.2 Å². The minimum Gasteiger partial charge on any atom is -0.344 e. The summed E-state index contributed by atoms with van der Waals surface area (Å²) >= 11 is 3.98. The van der Waals surface area contributed by atoms with Crippen molar-refractivity contribution >= 4 is 31.9 Å². The molecule has 0 aromatic heterocycles. The average molecular weight is 407 g/mol. The number of carbonyl (C=O) groups is 1. The Morgan fingerprint density at radius 1 is 1.26 bits per heavy atom. The summed E-state index contributed by atoms with van der Waals surface area (Å²) in [6, 6.07) is 0. The third-order valence-electron chi connectivity index (χ3n) is 5.87. The molecule has 132 valence electrons. The maximum absolute atomic E-state index is 12.6. The van der Waals surface area contributed by atoms with Crippen molar-refractivity contribution in [1.82, 2.24) is 9.62 Å². The molecular weight excluding hydrogens is 380 g/mol. The van der Waals surface area contributed by atoms with Gasteiger partial charge in [-0.3, -0.25) is 4.79 Å². The van der Waals surface area contributed by atoms with Gasteiger partial charge in [0.2, 0.25) is 15.9 Å². The maximum atomic E-state index is 12.6. The molecular formula is C16H27BrN2O3S. The fourth-order valence-corrected chi connectivity index (χ4v) is 7.49. The number of hydrogen-bond acceptors (Lipinski definition) is 3. The quantitative estimate of drug-likeness (QED) is 0.686. The molecule has 4 fully saturated rings. The van der Waals surface area contributed by atoms with Crippen LogP contribution in [-0.4, -0.2) is 49.9 Å². The molecule has 4 rings (SSSR count). The van der Waals surface area contributed by atoms with Gasteiger partial charge >= 0.3 is 0 Å². The molecule has 23 heavy (non-hydrogen) atoms. The highest BCUT2D eigenvalue weighted by molar-refractivity contribution is 9.10. The Morgan fingerprint density at radius 2 is 1.87 bits per heavy atom. The van der Waals surface area contributed by atoms with E-state index < -0.39 is 10.0 Å². The molecule has 1 N–H and O–H groups in total. The molecule has 4 bridgehead atoms. The van der Waals surface area contributed by atoms with Crippen LogP contribution >= 0.6 is 15.9 Å². The second-order valence-electron chi connectivity index (χ2n) is 8.27. The minimum absolute atomic E-state index is 0.151. The van der Waals surface area contributed by atoms with Gasteiger partial charge in [-0.25, -0.2) is 13.1 Å². The summed E-state index contributed by atoms with van der Waals surface area (Å²) in [5, 5.41) is 0. The van der Waals surface area contributed by atoms with Gasteiger partial charge in [0.25, 0.3) is 0 Å². The SMILES string of the molecule is CN(CCNS(C)(=O)=O)C(=O)CC12CC3CC(CC(Br)(C3)C1)C2. The van der Waals surface area contributed by atoms with Crippen LogP contribution in [0.3, 0.4) is 0 Å². The van der Waals surface area contributed by atoms with Gasteiger partial charge in [0.1, 0.15) is 0 Å². The van der Waals surface area contributed by atoms with Gasteiger partial charge in [-0.05, 0) is 55.8 Å². The fraction of sp³-hybridized carbons (Fsp3) is 0.938. The summed E-state index contributed by atoms with van der Waals surface area (Å²) < 4.78 is 24.9. The van der Waals surface area contributed by atoms with Gasteiger partial charge in [0.05, 0.1) is 6.26 Å². The summed E-state index contributed by atoms with van der Waals surface area (Å²) in [7, 11) is -1.42. The summed E-state index contributed by atoms with van der Waals surface area (Å²) in [4.78, 5) is 14.3. The Hall–Kier alpha value is -0.140. The van der Waals surface area contributed by atoms with Crippen molar-refractivity contribution in [3.05, 3.63) is 0 Å². The van der Waals surface area contributed by atoms with E-state index in [1.54, 1.807) is 11.9 Å². The first-order valence-corrected chi connectivity index (χ1v) is 11.1. The molecule has 2 unspecified atom stereocenters. The van der Waals surface area contributed by atoms with Gasteiger partial charge < -0.3 is 4.90 Å². The van der Waals surface area contributed by atoms with Gasteiger partial charge in [-0.1, -0.05) is 15.9 Å². The normalized spacial score (nSPS) is 38.7. The number of carbonyl (C=O) groups excluding carboxylic acids is 1. The van der Waals surface area contributed by atoms with E-state index in [1.165, 1.54) is 32.1 Å².